The van der Waals surface area contributed by atoms with E-state index in [2.05, 4.69) is 24.1 Å². The predicted octanol–water partition coefficient (Wildman–Crippen LogP) is 2.31. The molecule has 4 nitrogen and oxygen atoms in total. The van der Waals surface area contributed by atoms with E-state index in [4.69, 9.17) is 9.15 Å². The molecule has 1 N–H and O–H groups in total. The maximum atomic E-state index is 5.74. The standard InChI is InChI=1S/C13H22N2O2/c1-3-6-14-7-4-12-15-9-11(17-12)13-10(2)5-8-16-13/h9-10,13-14H,3-8H2,1-2H3. The zero-order valence-electron chi connectivity index (χ0n) is 10.7. The maximum absolute atomic E-state index is 5.74. The summed E-state index contributed by atoms with van der Waals surface area (Å²) in [6.45, 7) is 7.17. The van der Waals surface area contributed by atoms with E-state index < -0.39 is 0 Å². The van der Waals surface area contributed by atoms with Gasteiger partial charge in [-0.3, -0.25) is 0 Å². The second-order valence-corrected chi connectivity index (χ2v) is 4.71. The second-order valence-electron chi connectivity index (χ2n) is 4.71. The molecular weight excluding hydrogens is 216 g/mol. The minimum absolute atomic E-state index is 0.111. The van der Waals surface area contributed by atoms with Crippen LogP contribution in [0.25, 0.3) is 0 Å². The van der Waals surface area contributed by atoms with Gasteiger partial charge in [0.25, 0.3) is 0 Å². The van der Waals surface area contributed by atoms with Crippen molar-refractivity contribution in [1.29, 1.82) is 0 Å². The van der Waals surface area contributed by atoms with Crippen molar-refractivity contribution in [3.63, 3.8) is 0 Å². The van der Waals surface area contributed by atoms with Gasteiger partial charge in [-0.25, -0.2) is 4.98 Å². The Kier molecular flexibility index (Phi) is 4.57. The van der Waals surface area contributed by atoms with Gasteiger partial charge in [-0.2, -0.15) is 0 Å². The SMILES string of the molecule is CCCNCCc1ncc(C2OCCC2C)o1. The number of hydrogen-bond donors (Lipinski definition) is 1. The summed E-state index contributed by atoms with van der Waals surface area (Å²) in [6, 6.07) is 0. The van der Waals surface area contributed by atoms with Gasteiger partial charge in [0.1, 0.15) is 6.10 Å². The molecular formula is C13H22N2O2. The van der Waals surface area contributed by atoms with Crippen molar-refractivity contribution in [1.82, 2.24) is 10.3 Å². The second kappa shape index (κ2) is 6.17. The van der Waals surface area contributed by atoms with Crippen molar-refractivity contribution in [3.8, 4) is 0 Å². The molecule has 17 heavy (non-hydrogen) atoms. The minimum atomic E-state index is 0.111. The van der Waals surface area contributed by atoms with Crippen LogP contribution in [0.2, 0.25) is 0 Å². The lowest BCUT2D eigenvalue weighted by Gasteiger charge is -2.10. The van der Waals surface area contributed by atoms with E-state index in [0.29, 0.717) is 5.92 Å². The van der Waals surface area contributed by atoms with Crippen molar-refractivity contribution < 1.29 is 9.15 Å². The molecule has 2 atom stereocenters. The van der Waals surface area contributed by atoms with E-state index in [1.165, 1.54) is 0 Å². The molecule has 0 amide bonds. The lowest BCUT2D eigenvalue weighted by Crippen LogP contribution is -2.17. The van der Waals surface area contributed by atoms with Crippen molar-refractivity contribution in [2.24, 2.45) is 5.92 Å². The van der Waals surface area contributed by atoms with Gasteiger partial charge in [0.15, 0.2) is 11.7 Å². The van der Waals surface area contributed by atoms with Crippen molar-refractivity contribution >= 4 is 0 Å². The summed E-state index contributed by atoms with van der Waals surface area (Å²) in [5, 5.41) is 3.34. The van der Waals surface area contributed by atoms with Crippen molar-refractivity contribution in [2.45, 2.75) is 39.2 Å². The molecule has 0 aromatic carbocycles. The van der Waals surface area contributed by atoms with Crippen LogP contribution in [0.4, 0.5) is 0 Å². The van der Waals surface area contributed by atoms with Gasteiger partial charge in [0.2, 0.25) is 0 Å². The lowest BCUT2D eigenvalue weighted by atomic mass is 10.0. The van der Waals surface area contributed by atoms with Crippen LogP contribution in [-0.4, -0.2) is 24.7 Å². The Morgan fingerprint density at radius 2 is 2.35 bits per heavy atom. The Morgan fingerprint density at radius 1 is 1.47 bits per heavy atom. The molecule has 0 bridgehead atoms. The number of oxazole rings is 1. The van der Waals surface area contributed by atoms with Crippen LogP contribution in [0.1, 0.15) is 44.4 Å². The topological polar surface area (TPSA) is 47.3 Å². The summed E-state index contributed by atoms with van der Waals surface area (Å²) >= 11 is 0. The molecule has 1 fully saturated rings. The zero-order valence-corrected chi connectivity index (χ0v) is 10.7. The molecule has 0 saturated carbocycles. The molecule has 0 spiro atoms. The van der Waals surface area contributed by atoms with Gasteiger partial charge in [0.05, 0.1) is 6.20 Å². The van der Waals surface area contributed by atoms with Crippen LogP contribution in [0.15, 0.2) is 10.6 Å². The summed E-state index contributed by atoms with van der Waals surface area (Å²) in [5.74, 6) is 2.24. The van der Waals surface area contributed by atoms with E-state index in [9.17, 15) is 0 Å². The number of ether oxygens (including phenoxy) is 1. The molecule has 0 aliphatic carbocycles. The first kappa shape index (κ1) is 12.6. The molecule has 1 aromatic rings. The van der Waals surface area contributed by atoms with E-state index in [-0.39, 0.29) is 6.10 Å². The molecule has 0 radical (unpaired) electrons. The zero-order chi connectivity index (χ0) is 12.1. The molecule has 1 aliphatic heterocycles. The molecule has 2 unspecified atom stereocenters. The third kappa shape index (κ3) is 3.30. The molecule has 96 valence electrons. The van der Waals surface area contributed by atoms with Gasteiger partial charge in [-0.05, 0) is 25.3 Å². The monoisotopic (exact) mass is 238 g/mol. The Balaban J connectivity index is 1.83. The first-order chi connectivity index (χ1) is 8.31. The highest BCUT2D eigenvalue weighted by Crippen LogP contribution is 2.34. The van der Waals surface area contributed by atoms with E-state index in [1.807, 2.05) is 6.20 Å². The lowest BCUT2D eigenvalue weighted by molar-refractivity contribution is 0.0749. The van der Waals surface area contributed by atoms with Gasteiger partial charge in [-0.1, -0.05) is 13.8 Å². The predicted molar refractivity (Wildman–Crippen MR) is 65.8 cm³/mol. The van der Waals surface area contributed by atoms with Gasteiger partial charge >= 0.3 is 0 Å². The van der Waals surface area contributed by atoms with Crippen molar-refractivity contribution in [2.75, 3.05) is 19.7 Å². The molecule has 1 saturated heterocycles. The first-order valence-corrected chi connectivity index (χ1v) is 6.58. The molecule has 1 aromatic heterocycles. The number of rotatable bonds is 6. The third-order valence-electron chi connectivity index (χ3n) is 3.18. The van der Waals surface area contributed by atoms with Crippen LogP contribution in [-0.2, 0) is 11.2 Å². The summed E-state index contributed by atoms with van der Waals surface area (Å²) in [7, 11) is 0. The molecule has 1 aliphatic rings. The number of nitrogens with zero attached hydrogens (tertiary/aromatic N) is 1. The van der Waals surface area contributed by atoms with Crippen LogP contribution in [0.3, 0.4) is 0 Å². The highest BCUT2D eigenvalue weighted by atomic mass is 16.5. The summed E-state index contributed by atoms with van der Waals surface area (Å²) in [5.41, 5.74) is 0. The number of nitrogens with one attached hydrogen (secondary N) is 1. The molecule has 2 heterocycles. The summed E-state index contributed by atoms with van der Waals surface area (Å²) < 4.78 is 11.4. The van der Waals surface area contributed by atoms with E-state index >= 15 is 0 Å². The average molecular weight is 238 g/mol. The van der Waals surface area contributed by atoms with Gasteiger partial charge < -0.3 is 14.5 Å². The normalized spacial score (nSPS) is 24.4. The van der Waals surface area contributed by atoms with Crippen LogP contribution in [0, 0.1) is 5.92 Å². The fourth-order valence-corrected chi connectivity index (χ4v) is 2.13. The summed E-state index contributed by atoms with van der Waals surface area (Å²) in [6.07, 6.45) is 5.05. The highest BCUT2D eigenvalue weighted by molar-refractivity contribution is 5.01. The van der Waals surface area contributed by atoms with E-state index in [0.717, 1.165) is 50.6 Å². The van der Waals surface area contributed by atoms with Crippen LogP contribution in [0.5, 0.6) is 0 Å². The Bertz CT molecular complexity index is 338. The largest absolute Gasteiger partial charge is 0.443 e. The fraction of sp³-hybridized carbons (Fsp3) is 0.769. The van der Waals surface area contributed by atoms with Crippen LogP contribution < -0.4 is 5.32 Å². The van der Waals surface area contributed by atoms with E-state index in [1.54, 1.807) is 0 Å². The summed E-state index contributed by atoms with van der Waals surface area (Å²) in [4.78, 5) is 4.31. The quantitative estimate of drug-likeness (QED) is 0.773. The highest BCUT2D eigenvalue weighted by Gasteiger charge is 2.28. The average Bonchev–Trinajstić information content (AvgIpc) is 2.93. The smallest absolute Gasteiger partial charge is 0.195 e. The van der Waals surface area contributed by atoms with Crippen molar-refractivity contribution in [3.05, 3.63) is 17.8 Å². The van der Waals surface area contributed by atoms with Crippen LogP contribution >= 0.6 is 0 Å². The Morgan fingerprint density at radius 3 is 3.06 bits per heavy atom. The molecule has 4 heteroatoms. The third-order valence-corrected chi connectivity index (χ3v) is 3.18. The van der Waals surface area contributed by atoms with Gasteiger partial charge in [-0.15, -0.1) is 0 Å². The minimum Gasteiger partial charge on any atom is -0.443 e. The molecule has 2 rings (SSSR count). The Hall–Kier alpha value is -0.870. The Labute approximate surface area is 103 Å². The first-order valence-electron chi connectivity index (χ1n) is 6.58. The number of aromatic nitrogens is 1. The van der Waals surface area contributed by atoms with Gasteiger partial charge in [0, 0.05) is 19.6 Å². The fourth-order valence-electron chi connectivity index (χ4n) is 2.13. The number of hydrogen-bond acceptors (Lipinski definition) is 4. The maximum Gasteiger partial charge on any atom is 0.195 e.